The van der Waals surface area contributed by atoms with Gasteiger partial charge < -0.3 is 14.3 Å². The Morgan fingerprint density at radius 1 is 1.19 bits per heavy atom. The summed E-state index contributed by atoms with van der Waals surface area (Å²) in [6, 6.07) is 7.74. The molecule has 0 aliphatic carbocycles. The number of nitrogens with zero attached hydrogens (tertiary/aromatic N) is 2. The van der Waals surface area contributed by atoms with Crippen LogP contribution in [0.5, 0.6) is 0 Å². The number of rotatable bonds is 7. The molecule has 0 aliphatic heterocycles. The van der Waals surface area contributed by atoms with E-state index in [1.165, 1.54) is 24.3 Å². The monoisotopic (exact) mass is 377 g/mol. The first-order valence-corrected chi connectivity index (χ1v) is 8.45. The molecule has 1 amide bonds. The zero-order chi connectivity index (χ0) is 19.3. The van der Waals surface area contributed by atoms with Crippen LogP contribution in [0.25, 0.3) is 11.3 Å². The molecule has 27 heavy (non-hydrogen) atoms. The summed E-state index contributed by atoms with van der Waals surface area (Å²) in [5, 5.41) is 2.74. The summed E-state index contributed by atoms with van der Waals surface area (Å²) in [5.74, 6) is -0.112. The fraction of sp³-hybridized carbons (Fsp3) is 0.263. The summed E-state index contributed by atoms with van der Waals surface area (Å²) in [4.78, 5) is 16.1. The van der Waals surface area contributed by atoms with Crippen LogP contribution in [0.15, 0.2) is 59.5 Å². The summed E-state index contributed by atoms with van der Waals surface area (Å²) < 4.78 is 45.8. The lowest BCUT2D eigenvalue weighted by Crippen LogP contribution is -2.24. The number of unbranched alkanes of at least 4 members (excludes halogenated alkanes) is 1. The highest BCUT2D eigenvalue weighted by atomic mass is 19.4. The number of imidazole rings is 1. The van der Waals surface area contributed by atoms with Crippen molar-refractivity contribution in [2.24, 2.45) is 0 Å². The predicted octanol–water partition coefficient (Wildman–Crippen LogP) is 4.37. The Morgan fingerprint density at radius 2 is 2.04 bits per heavy atom. The normalized spacial score (nSPS) is 11.5. The third-order valence-corrected chi connectivity index (χ3v) is 3.99. The van der Waals surface area contributed by atoms with Crippen LogP contribution in [-0.4, -0.2) is 22.0 Å². The Labute approximate surface area is 153 Å². The largest absolute Gasteiger partial charge is 0.451 e. The number of hydrogen-bond donors (Lipinski definition) is 1. The quantitative estimate of drug-likeness (QED) is 0.622. The van der Waals surface area contributed by atoms with Crippen molar-refractivity contribution in [2.45, 2.75) is 25.6 Å². The van der Waals surface area contributed by atoms with E-state index in [1.54, 1.807) is 12.5 Å². The van der Waals surface area contributed by atoms with Gasteiger partial charge in [0.05, 0.1) is 11.9 Å². The molecule has 0 saturated carbocycles. The van der Waals surface area contributed by atoms with Crippen molar-refractivity contribution in [3.8, 4) is 11.3 Å². The molecule has 2 aromatic heterocycles. The van der Waals surface area contributed by atoms with Crippen molar-refractivity contribution in [3.05, 3.63) is 66.4 Å². The summed E-state index contributed by atoms with van der Waals surface area (Å²) >= 11 is 0. The molecule has 2 heterocycles. The van der Waals surface area contributed by atoms with Gasteiger partial charge in [-0.05, 0) is 37.1 Å². The SMILES string of the molecule is O=C(NCCCCn1ccnc1)c1ccc(-c2cccc(C(F)(F)F)c2)o1. The van der Waals surface area contributed by atoms with Gasteiger partial charge in [0.2, 0.25) is 0 Å². The lowest BCUT2D eigenvalue weighted by molar-refractivity contribution is -0.137. The molecule has 142 valence electrons. The van der Waals surface area contributed by atoms with E-state index >= 15 is 0 Å². The number of amides is 1. The van der Waals surface area contributed by atoms with Crippen molar-refractivity contribution in [1.29, 1.82) is 0 Å². The molecule has 3 aromatic rings. The second-order valence-corrected chi connectivity index (χ2v) is 6.01. The number of aromatic nitrogens is 2. The highest BCUT2D eigenvalue weighted by Gasteiger charge is 2.30. The van der Waals surface area contributed by atoms with E-state index in [4.69, 9.17) is 4.42 Å². The van der Waals surface area contributed by atoms with Gasteiger partial charge in [0.1, 0.15) is 5.76 Å². The van der Waals surface area contributed by atoms with Crippen LogP contribution < -0.4 is 5.32 Å². The van der Waals surface area contributed by atoms with Crippen LogP contribution in [0.3, 0.4) is 0 Å². The van der Waals surface area contributed by atoms with E-state index < -0.39 is 17.6 Å². The second kappa shape index (κ2) is 8.11. The van der Waals surface area contributed by atoms with Crippen LogP contribution in [-0.2, 0) is 12.7 Å². The minimum atomic E-state index is -4.43. The van der Waals surface area contributed by atoms with Crippen molar-refractivity contribution < 1.29 is 22.4 Å². The molecule has 0 aliphatic rings. The van der Waals surface area contributed by atoms with Gasteiger partial charge in [-0.1, -0.05) is 12.1 Å². The Hall–Kier alpha value is -3.03. The summed E-state index contributed by atoms with van der Waals surface area (Å²) in [6.07, 6.45) is 2.54. The van der Waals surface area contributed by atoms with E-state index in [9.17, 15) is 18.0 Å². The number of benzene rings is 1. The van der Waals surface area contributed by atoms with E-state index in [0.29, 0.717) is 6.54 Å². The van der Waals surface area contributed by atoms with E-state index in [0.717, 1.165) is 31.5 Å². The molecule has 5 nitrogen and oxygen atoms in total. The number of aryl methyl sites for hydroxylation is 1. The van der Waals surface area contributed by atoms with Crippen LogP contribution in [0.2, 0.25) is 0 Å². The average Bonchev–Trinajstić information content (AvgIpc) is 3.33. The Balaban J connectivity index is 1.53. The summed E-state index contributed by atoms with van der Waals surface area (Å²) in [5.41, 5.74) is -0.496. The van der Waals surface area contributed by atoms with Gasteiger partial charge in [-0.3, -0.25) is 4.79 Å². The second-order valence-electron chi connectivity index (χ2n) is 6.01. The van der Waals surface area contributed by atoms with Gasteiger partial charge >= 0.3 is 6.18 Å². The zero-order valence-electron chi connectivity index (χ0n) is 14.4. The van der Waals surface area contributed by atoms with E-state index in [-0.39, 0.29) is 17.1 Å². The first-order chi connectivity index (χ1) is 12.9. The Kier molecular flexibility index (Phi) is 5.63. The maximum atomic E-state index is 12.8. The van der Waals surface area contributed by atoms with Gasteiger partial charge in [0.25, 0.3) is 5.91 Å². The molecule has 0 fully saturated rings. The molecule has 1 aromatic carbocycles. The van der Waals surface area contributed by atoms with Gasteiger partial charge in [-0.25, -0.2) is 4.98 Å². The number of carbonyl (C=O) groups is 1. The van der Waals surface area contributed by atoms with Crippen LogP contribution in [0, 0.1) is 0 Å². The van der Waals surface area contributed by atoms with Gasteiger partial charge in [-0.15, -0.1) is 0 Å². The predicted molar refractivity (Wildman–Crippen MR) is 92.9 cm³/mol. The maximum absolute atomic E-state index is 12.8. The smallest absolute Gasteiger partial charge is 0.416 e. The van der Waals surface area contributed by atoms with Crippen molar-refractivity contribution in [2.75, 3.05) is 6.54 Å². The lowest BCUT2D eigenvalue weighted by atomic mass is 10.1. The van der Waals surface area contributed by atoms with Crippen molar-refractivity contribution in [1.82, 2.24) is 14.9 Å². The topological polar surface area (TPSA) is 60.1 Å². The average molecular weight is 377 g/mol. The molecule has 1 N–H and O–H groups in total. The molecule has 0 saturated heterocycles. The molecule has 0 radical (unpaired) electrons. The number of hydrogen-bond acceptors (Lipinski definition) is 3. The summed E-state index contributed by atoms with van der Waals surface area (Å²) in [7, 11) is 0. The maximum Gasteiger partial charge on any atom is 0.416 e. The lowest BCUT2D eigenvalue weighted by Gasteiger charge is -2.07. The Bertz CT molecular complexity index is 886. The standard InChI is InChI=1S/C19H18F3N3O2/c20-19(21,22)15-5-3-4-14(12-15)16-6-7-17(27-16)18(26)24-8-1-2-10-25-11-9-23-13-25/h3-7,9,11-13H,1-2,8,10H2,(H,24,26). The van der Waals surface area contributed by atoms with Gasteiger partial charge in [0.15, 0.2) is 5.76 Å². The third kappa shape index (κ3) is 4.99. The molecule has 0 atom stereocenters. The fourth-order valence-electron chi connectivity index (χ4n) is 2.59. The highest BCUT2D eigenvalue weighted by molar-refractivity contribution is 5.92. The number of halogens is 3. The highest BCUT2D eigenvalue weighted by Crippen LogP contribution is 2.32. The van der Waals surface area contributed by atoms with Crippen LogP contribution in [0.4, 0.5) is 13.2 Å². The third-order valence-electron chi connectivity index (χ3n) is 3.99. The molecular weight excluding hydrogens is 359 g/mol. The van der Waals surface area contributed by atoms with E-state index in [2.05, 4.69) is 10.3 Å². The molecule has 0 bridgehead atoms. The van der Waals surface area contributed by atoms with E-state index in [1.807, 2.05) is 10.8 Å². The summed E-state index contributed by atoms with van der Waals surface area (Å²) in [6.45, 7) is 1.30. The Morgan fingerprint density at radius 3 is 2.78 bits per heavy atom. The fourth-order valence-corrected chi connectivity index (χ4v) is 2.59. The van der Waals surface area contributed by atoms with Gasteiger partial charge in [0, 0.05) is 31.0 Å². The first kappa shape index (κ1) is 18.8. The molecule has 8 heteroatoms. The van der Waals surface area contributed by atoms with Crippen LogP contribution in [0.1, 0.15) is 29.0 Å². The molecular formula is C19H18F3N3O2. The molecule has 0 unspecified atom stereocenters. The van der Waals surface area contributed by atoms with Crippen LogP contribution >= 0.6 is 0 Å². The first-order valence-electron chi connectivity index (χ1n) is 8.45. The van der Waals surface area contributed by atoms with Crippen molar-refractivity contribution >= 4 is 5.91 Å². The minimum Gasteiger partial charge on any atom is -0.451 e. The number of nitrogens with one attached hydrogen (secondary N) is 1. The number of carbonyl (C=O) groups excluding carboxylic acids is 1. The number of furan rings is 1. The number of alkyl halides is 3. The van der Waals surface area contributed by atoms with Crippen molar-refractivity contribution in [3.63, 3.8) is 0 Å². The van der Waals surface area contributed by atoms with Gasteiger partial charge in [-0.2, -0.15) is 13.2 Å². The molecule has 0 spiro atoms. The molecule has 3 rings (SSSR count). The zero-order valence-corrected chi connectivity index (χ0v) is 14.4. The minimum absolute atomic E-state index is 0.0667.